The Labute approximate surface area is 120 Å². The van der Waals surface area contributed by atoms with E-state index in [9.17, 15) is 14.0 Å². The molecule has 2 heterocycles. The highest BCUT2D eigenvalue weighted by Gasteiger charge is 2.52. The van der Waals surface area contributed by atoms with Crippen molar-refractivity contribution in [3.8, 4) is 0 Å². The van der Waals surface area contributed by atoms with E-state index in [1.165, 1.54) is 24.3 Å². The van der Waals surface area contributed by atoms with E-state index in [2.05, 4.69) is 5.32 Å². The Balaban J connectivity index is 1.75. The largest absolute Gasteiger partial charge is 0.324 e. The first-order chi connectivity index (χ1) is 9.49. The van der Waals surface area contributed by atoms with Crippen molar-refractivity contribution in [1.82, 2.24) is 4.90 Å². The van der Waals surface area contributed by atoms with Crippen LogP contribution in [0, 0.1) is 5.82 Å². The first-order valence-electron chi connectivity index (χ1n) is 6.52. The summed E-state index contributed by atoms with van der Waals surface area (Å²) >= 11 is 1.65. The van der Waals surface area contributed by atoms with Gasteiger partial charge in [-0.05, 0) is 37.6 Å². The maximum atomic E-state index is 12.8. The van der Waals surface area contributed by atoms with Gasteiger partial charge < -0.3 is 10.2 Å². The van der Waals surface area contributed by atoms with Crippen LogP contribution in [0.5, 0.6) is 0 Å². The van der Waals surface area contributed by atoms with E-state index in [0.29, 0.717) is 17.9 Å². The fraction of sp³-hybridized carbons (Fsp3) is 0.429. The Morgan fingerprint density at radius 1 is 1.45 bits per heavy atom. The van der Waals surface area contributed by atoms with E-state index in [4.69, 9.17) is 0 Å². The van der Waals surface area contributed by atoms with Crippen LogP contribution in [0.25, 0.3) is 0 Å². The van der Waals surface area contributed by atoms with E-state index in [-0.39, 0.29) is 22.5 Å². The standard InChI is InChI=1S/C14H15FN2O2S/c1-14-7-6-12(18)17(14)11(8-20-14)13(19)16-10-4-2-9(15)3-5-10/h2-5,11H,6-8H2,1H3,(H,16,19)/t11-,14-/m0/s1. The Kier molecular flexibility index (Phi) is 3.20. The SMILES string of the molecule is C[C@]12CCC(=O)N1[C@H](C(=O)Nc1ccc(F)cc1)CS2. The summed E-state index contributed by atoms with van der Waals surface area (Å²) in [6.45, 7) is 2.01. The molecule has 0 spiro atoms. The molecule has 2 aliphatic rings. The molecule has 1 aromatic carbocycles. The van der Waals surface area contributed by atoms with Gasteiger partial charge in [-0.25, -0.2) is 4.39 Å². The summed E-state index contributed by atoms with van der Waals surface area (Å²) in [7, 11) is 0. The second-order valence-corrected chi connectivity index (χ2v) is 6.76. The minimum absolute atomic E-state index is 0.0387. The van der Waals surface area contributed by atoms with Gasteiger partial charge in [0.05, 0.1) is 4.87 Å². The van der Waals surface area contributed by atoms with Crippen molar-refractivity contribution < 1.29 is 14.0 Å². The monoisotopic (exact) mass is 294 g/mol. The number of thioether (sulfide) groups is 1. The number of halogens is 1. The van der Waals surface area contributed by atoms with Gasteiger partial charge in [0, 0.05) is 17.9 Å². The van der Waals surface area contributed by atoms with E-state index in [1.807, 2.05) is 6.92 Å². The summed E-state index contributed by atoms with van der Waals surface area (Å²) in [5.41, 5.74) is 0.543. The van der Waals surface area contributed by atoms with Crippen LogP contribution in [0.1, 0.15) is 19.8 Å². The van der Waals surface area contributed by atoms with E-state index in [1.54, 1.807) is 16.7 Å². The van der Waals surface area contributed by atoms with Gasteiger partial charge in [0.15, 0.2) is 0 Å². The summed E-state index contributed by atoms with van der Waals surface area (Å²) < 4.78 is 12.8. The van der Waals surface area contributed by atoms with E-state index >= 15 is 0 Å². The number of nitrogens with one attached hydrogen (secondary N) is 1. The molecule has 0 aromatic heterocycles. The third-order valence-electron chi connectivity index (χ3n) is 3.86. The maximum Gasteiger partial charge on any atom is 0.248 e. The smallest absolute Gasteiger partial charge is 0.248 e. The molecule has 2 aliphatic heterocycles. The lowest BCUT2D eigenvalue weighted by Gasteiger charge is -2.29. The van der Waals surface area contributed by atoms with Crippen molar-refractivity contribution in [2.24, 2.45) is 0 Å². The molecule has 2 atom stereocenters. The van der Waals surface area contributed by atoms with Crippen molar-refractivity contribution in [3.63, 3.8) is 0 Å². The van der Waals surface area contributed by atoms with Crippen LogP contribution in [0.2, 0.25) is 0 Å². The highest BCUT2D eigenvalue weighted by Crippen LogP contribution is 2.47. The summed E-state index contributed by atoms with van der Waals surface area (Å²) in [5, 5.41) is 2.75. The predicted octanol–water partition coefficient (Wildman–Crippen LogP) is 2.22. The Bertz CT molecular complexity index is 563. The molecule has 0 bridgehead atoms. The number of rotatable bonds is 2. The molecular weight excluding hydrogens is 279 g/mol. The van der Waals surface area contributed by atoms with Crippen LogP contribution in [0.4, 0.5) is 10.1 Å². The van der Waals surface area contributed by atoms with Crippen molar-refractivity contribution in [2.45, 2.75) is 30.7 Å². The van der Waals surface area contributed by atoms with Gasteiger partial charge in [-0.15, -0.1) is 11.8 Å². The van der Waals surface area contributed by atoms with Crippen LogP contribution >= 0.6 is 11.8 Å². The molecule has 1 N–H and O–H groups in total. The third-order valence-corrected chi connectivity index (χ3v) is 5.36. The first-order valence-corrected chi connectivity index (χ1v) is 7.51. The van der Waals surface area contributed by atoms with Crippen LogP contribution in [0.15, 0.2) is 24.3 Å². The quantitative estimate of drug-likeness (QED) is 0.910. The van der Waals surface area contributed by atoms with Crippen molar-refractivity contribution in [1.29, 1.82) is 0 Å². The Morgan fingerprint density at radius 3 is 2.85 bits per heavy atom. The number of amides is 2. The van der Waals surface area contributed by atoms with E-state index in [0.717, 1.165) is 6.42 Å². The minimum Gasteiger partial charge on any atom is -0.324 e. The number of fused-ring (bicyclic) bond motifs is 1. The van der Waals surface area contributed by atoms with Crippen LogP contribution in [-0.2, 0) is 9.59 Å². The minimum atomic E-state index is -0.440. The van der Waals surface area contributed by atoms with Gasteiger partial charge in [0.1, 0.15) is 11.9 Å². The average molecular weight is 294 g/mol. The topological polar surface area (TPSA) is 49.4 Å². The Morgan fingerprint density at radius 2 is 2.15 bits per heavy atom. The lowest BCUT2D eigenvalue weighted by molar-refractivity contribution is -0.135. The molecule has 2 amide bonds. The fourth-order valence-electron chi connectivity index (χ4n) is 2.77. The lowest BCUT2D eigenvalue weighted by atomic mass is 10.2. The molecule has 0 unspecified atom stereocenters. The molecule has 1 aromatic rings. The zero-order valence-electron chi connectivity index (χ0n) is 11.1. The van der Waals surface area contributed by atoms with Crippen molar-refractivity contribution in [2.75, 3.05) is 11.1 Å². The fourth-order valence-corrected chi connectivity index (χ4v) is 4.21. The van der Waals surface area contributed by atoms with Gasteiger partial charge in [0.2, 0.25) is 11.8 Å². The molecule has 0 saturated carbocycles. The average Bonchev–Trinajstić information content (AvgIpc) is 2.90. The molecule has 20 heavy (non-hydrogen) atoms. The number of nitrogens with zero attached hydrogens (tertiary/aromatic N) is 1. The molecule has 4 nitrogen and oxygen atoms in total. The van der Waals surface area contributed by atoms with Gasteiger partial charge in [-0.3, -0.25) is 9.59 Å². The van der Waals surface area contributed by atoms with Crippen molar-refractivity contribution >= 4 is 29.3 Å². The highest BCUT2D eigenvalue weighted by atomic mass is 32.2. The lowest BCUT2D eigenvalue weighted by Crippen LogP contribution is -2.48. The normalized spacial score (nSPS) is 28.6. The molecule has 0 radical (unpaired) electrons. The van der Waals surface area contributed by atoms with Gasteiger partial charge >= 0.3 is 0 Å². The second kappa shape index (κ2) is 4.77. The number of anilines is 1. The summed E-state index contributed by atoms with van der Waals surface area (Å²) in [4.78, 5) is 25.7. The Hall–Kier alpha value is -1.56. The van der Waals surface area contributed by atoms with Crippen LogP contribution in [0.3, 0.4) is 0 Å². The van der Waals surface area contributed by atoms with Gasteiger partial charge in [-0.1, -0.05) is 0 Å². The molecule has 3 rings (SSSR count). The number of hydrogen-bond acceptors (Lipinski definition) is 3. The van der Waals surface area contributed by atoms with E-state index < -0.39 is 6.04 Å². The number of hydrogen-bond donors (Lipinski definition) is 1. The molecule has 6 heteroatoms. The highest BCUT2D eigenvalue weighted by molar-refractivity contribution is 8.01. The summed E-state index contributed by atoms with van der Waals surface area (Å²) in [6.07, 6.45) is 1.29. The molecule has 0 aliphatic carbocycles. The van der Waals surface area contributed by atoms with Crippen LogP contribution in [-0.4, -0.2) is 33.4 Å². The summed E-state index contributed by atoms with van der Waals surface area (Å²) in [5.74, 6) is 0.0940. The molecule has 2 saturated heterocycles. The second-order valence-electron chi connectivity index (χ2n) is 5.26. The first kappa shape index (κ1) is 13.4. The number of carbonyl (C=O) groups is 2. The predicted molar refractivity (Wildman–Crippen MR) is 75.8 cm³/mol. The molecule has 2 fully saturated rings. The maximum absolute atomic E-state index is 12.8. The zero-order chi connectivity index (χ0) is 14.3. The third kappa shape index (κ3) is 2.18. The van der Waals surface area contributed by atoms with Gasteiger partial charge in [0.25, 0.3) is 0 Å². The van der Waals surface area contributed by atoms with Crippen LogP contribution < -0.4 is 5.32 Å². The molecular formula is C14H15FN2O2S. The van der Waals surface area contributed by atoms with Gasteiger partial charge in [-0.2, -0.15) is 0 Å². The zero-order valence-corrected chi connectivity index (χ0v) is 11.9. The molecule has 106 valence electrons. The van der Waals surface area contributed by atoms with Crippen molar-refractivity contribution in [3.05, 3.63) is 30.1 Å². The number of benzene rings is 1. The summed E-state index contributed by atoms with van der Waals surface area (Å²) in [6, 6.07) is 5.18. The number of carbonyl (C=O) groups excluding carboxylic acids is 2.